The van der Waals surface area contributed by atoms with E-state index in [1.165, 1.54) is 12.1 Å². The molecule has 2 aromatic rings. The van der Waals surface area contributed by atoms with Gasteiger partial charge in [-0.15, -0.1) is 0 Å². The van der Waals surface area contributed by atoms with Crippen molar-refractivity contribution in [1.82, 2.24) is 5.32 Å². The second-order valence-corrected chi connectivity index (χ2v) is 8.34. The normalized spacial score (nSPS) is 16.9. The minimum atomic E-state index is -4.58. The van der Waals surface area contributed by atoms with Gasteiger partial charge in [-0.1, -0.05) is 34.1 Å². The van der Waals surface area contributed by atoms with E-state index in [-0.39, 0.29) is 28.9 Å². The molecule has 0 fully saturated rings. The molecule has 1 aliphatic rings. The molecule has 3 rings (SSSR count). The molecule has 164 valence electrons. The van der Waals surface area contributed by atoms with Gasteiger partial charge in [-0.05, 0) is 65.4 Å². The molecule has 10 heteroatoms. The smallest absolute Gasteiger partial charge is 0.416 e. The standard InChI is InChI=1S/C21H17BrF3IN2O3/c1-2-31-19(29)17-16(11-22)28(15-5-3-4-13(10-15)21(23,24)25)20(30)27-18(17)12-6-8-14(26)9-7-12/h3-10,18H,2,11H2,1H3,(H,27,30). The van der Waals surface area contributed by atoms with Crippen LogP contribution in [0, 0.1) is 3.57 Å². The van der Waals surface area contributed by atoms with Crippen molar-refractivity contribution in [2.45, 2.75) is 19.1 Å². The second-order valence-electron chi connectivity index (χ2n) is 6.53. The number of rotatable bonds is 5. The van der Waals surface area contributed by atoms with Crippen molar-refractivity contribution >= 4 is 56.2 Å². The monoisotopic (exact) mass is 608 g/mol. The lowest BCUT2D eigenvalue weighted by molar-refractivity contribution is -0.139. The third-order valence-electron chi connectivity index (χ3n) is 4.60. The third kappa shape index (κ3) is 5.05. The maximum absolute atomic E-state index is 13.2. The Morgan fingerprint density at radius 2 is 1.90 bits per heavy atom. The molecule has 0 aromatic heterocycles. The van der Waals surface area contributed by atoms with Crippen LogP contribution in [-0.4, -0.2) is 23.9 Å². The van der Waals surface area contributed by atoms with Gasteiger partial charge in [0.1, 0.15) is 0 Å². The maximum Gasteiger partial charge on any atom is 0.416 e. The van der Waals surface area contributed by atoms with E-state index in [1.807, 2.05) is 12.1 Å². The highest BCUT2D eigenvalue weighted by molar-refractivity contribution is 14.1. The number of urea groups is 1. The Morgan fingerprint density at radius 1 is 1.23 bits per heavy atom. The number of alkyl halides is 4. The van der Waals surface area contributed by atoms with E-state index in [2.05, 4.69) is 43.8 Å². The fourth-order valence-electron chi connectivity index (χ4n) is 3.25. The van der Waals surface area contributed by atoms with Crippen LogP contribution in [0.25, 0.3) is 0 Å². The molecule has 1 unspecified atom stereocenters. The van der Waals surface area contributed by atoms with Crippen LogP contribution in [0.1, 0.15) is 24.1 Å². The SMILES string of the molecule is CCOC(=O)C1=C(CBr)N(c2cccc(C(F)(F)F)c2)C(=O)NC1c1ccc(I)cc1. The van der Waals surface area contributed by atoms with Gasteiger partial charge in [0.25, 0.3) is 0 Å². The van der Waals surface area contributed by atoms with Gasteiger partial charge in [0.15, 0.2) is 0 Å². The van der Waals surface area contributed by atoms with Gasteiger partial charge in [0, 0.05) is 8.90 Å². The molecule has 31 heavy (non-hydrogen) atoms. The topological polar surface area (TPSA) is 58.6 Å². The maximum atomic E-state index is 13.2. The lowest BCUT2D eigenvalue weighted by Crippen LogP contribution is -2.49. The molecule has 5 nitrogen and oxygen atoms in total. The molecule has 0 aliphatic carbocycles. The number of anilines is 1. The number of hydrogen-bond donors (Lipinski definition) is 1. The highest BCUT2D eigenvalue weighted by atomic mass is 127. The molecule has 2 amide bonds. The van der Waals surface area contributed by atoms with Crippen LogP contribution in [0.3, 0.4) is 0 Å². The Hall–Kier alpha value is -2.08. The van der Waals surface area contributed by atoms with Crippen LogP contribution in [0.15, 0.2) is 59.8 Å². The van der Waals surface area contributed by atoms with Crippen molar-refractivity contribution < 1.29 is 27.5 Å². The molecule has 0 saturated carbocycles. The average Bonchev–Trinajstić information content (AvgIpc) is 2.73. The molecule has 1 atom stereocenters. The highest BCUT2D eigenvalue weighted by Crippen LogP contribution is 2.37. The van der Waals surface area contributed by atoms with E-state index in [1.54, 1.807) is 19.1 Å². The summed E-state index contributed by atoms with van der Waals surface area (Å²) in [5, 5.41) is 2.78. The molecule has 0 radical (unpaired) electrons. The van der Waals surface area contributed by atoms with Crippen molar-refractivity contribution in [2.75, 3.05) is 16.8 Å². The van der Waals surface area contributed by atoms with Crippen LogP contribution < -0.4 is 10.2 Å². The summed E-state index contributed by atoms with van der Waals surface area (Å²) in [6, 6.07) is 10.1. The number of amides is 2. The number of benzene rings is 2. The molecule has 2 aromatic carbocycles. The summed E-state index contributed by atoms with van der Waals surface area (Å²) in [6.07, 6.45) is -4.58. The number of hydrogen-bond acceptors (Lipinski definition) is 3. The predicted molar refractivity (Wildman–Crippen MR) is 122 cm³/mol. The van der Waals surface area contributed by atoms with Crippen LogP contribution >= 0.6 is 38.5 Å². The zero-order valence-corrected chi connectivity index (χ0v) is 19.9. The third-order valence-corrected chi connectivity index (χ3v) is 5.85. The zero-order chi connectivity index (χ0) is 22.8. The lowest BCUT2D eigenvalue weighted by Gasteiger charge is -2.36. The summed E-state index contributed by atoms with van der Waals surface area (Å²) in [6.45, 7) is 1.76. The number of nitrogens with one attached hydrogen (secondary N) is 1. The Labute approximate surface area is 198 Å². The van der Waals surface area contributed by atoms with Gasteiger partial charge in [-0.3, -0.25) is 4.90 Å². The fraction of sp³-hybridized carbons (Fsp3) is 0.238. The number of esters is 1. The fourth-order valence-corrected chi connectivity index (χ4v) is 4.16. The summed E-state index contributed by atoms with van der Waals surface area (Å²) >= 11 is 5.43. The van der Waals surface area contributed by atoms with E-state index in [9.17, 15) is 22.8 Å². The van der Waals surface area contributed by atoms with Gasteiger partial charge in [0.05, 0.1) is 35.2 Å². The summed E-state index contributed by atoms with van der Waals surface area (Å²) in [7, 11) is 0. The van der Waals surface area contributed by atoms with Crippen LogP contribution in [0.4, 0.5) is 23.7 Å². The molecule has 0 saturated heterocycles. The van der Waals surface area contributed by atoms with Crippen LogP contribution in [-0.2, 0) is 15.7 Å². The average molecular weight is 609 g/mol. The lowest BCUT2D eigenvalue weighted by atomic mass is 9.94. The van der Waals surface area contributed by atoms with E-state index in [4.69, 9.17) is 4.74 Å². The second kappa shape index (κ2) is 9.60. The van der Waals surface area contributed by atoms with Crippen LogP contribution in [0.5, 0.6) is 0 Å². The van der Waals surface area contributed by atoms with Crippen molar-refractivity contribution in [3.63, 3.8) is 0 Å². The van der Waals surface area contributed by atoms with Gasteiger partial charge < -0.3 is 10.1 Å². The molecule has 1 aliphatic heterocycles. The number of nitrogens with zero attached hydrogens (tertiary/aromatic N) is 1. The summed E-state index contributed by atoms with van der Waals surface area (Å²) in [5.41, 5.74) is 0.106. The van der Waals surface area contributed by atoms with E-state index >= 15 is 0 Å². The Kier molecular flexibility index (Phi) is 7.30. The first-order valence-electron chi connectivity index (χ1n) is 9.16. The Bertz CT molecular complexity index is 1030. The molecular weight excluding hydrogens is 592 g/mol. The van der Waals surface area contributed by atoms with Gasteiger partial charge in [-0.25, -0.2) is 9.59 Å². The van der Waals surface area contributed by atoms with Gasteiger partial charge in [0.2, 0.25) is 0 Å². The molecule has 1 N–H and O–H groups in total. The van der Waals surface area contributed by atoms with E-state index in [0.717, 1.165) is 20.6 Å². The van der Waals surface area contributed by atoms with Gasteiger partial charge >= 0.3 is 18.2 Å². The Balaban J connectivity index is 2.18. The largest absolute Gasteiger partial charge is 0.463 e. The van der Waals surface area contributed by atoms with Crippen molar-refractivity contribution in [2.24, 2.45) is 0 Å². The Morgan fingerprint density at radius 3 is 2.48 bits per heavy atom. The first-order valence-corrected chi connectivity index (χ1v) is 11.4. The summed E-state index contributed by atoms with van der Waals surface area (Å²) in [4.78, 5) is 27.0. The number of halogens is 5. The molecular formula is C21H17BrF3IN2O3. The summed E-state index contributed by atoms with van der Waals surface area (Å²) < 4.78 is 45.8. The van der Waals surface area contributed by atoms with Crippen molar-refractivity contribution in [1.29, 1.82) is 0 Å². The highest BCUT2D eigenvalue weighted by Gasteiger charge is 2.39. The number of carbonyl (C=O) groups is 2. The number of carbonyl (C=O) groups excluding carboxylic acids is 2. The minimum absolute atomic E-state index is 0.00960. The van der Waals surface area contributed by atoms with E-state index in [0.29, 0.717) is 5.56 Å². The van der Waals surface area contributed by atoms with Crippen LogP contribution in [0.2, 0.25) is 0 Å². The molecule has 0 bridgehead atoms. The number of ether oxygens (including phenoxy) is 1. The zero-order valence-electron chi connectivity index (χ0n) is 16.2. The first-order chi connectivity index (χ1) is 14.7. The van der Waals surface area contributed by atoms with Crippen molar-refractivity contribution in [3.8, 4) is 0 Å². The minimum Gasteiger partial charge on any atom is -0.463 e. The number of allylic oxidation sites excluding steroid dienone is 1. The van der Waals surface area contributed by atoms with E-state index < -0.39 is 29.8 Å². The molecule has 1 heterocycles. The molecule has 0 spiro atoms. The quantitative estimate of drug-likeness (QED) is 0.265. The van der Waals surface area contributed by atoms with Crippen molar-refractivity contribution in [3.05, 3.63) is 74.5 Å². The summed E-state index contributed by atoms with van der Waals surface area (Å²) in [5.74, 6) is -0.655. The first kappa shape index (κ1) is 23.6. The predicted octanol–water partition coefficient (Wildman–Crippen LogP) is 5.79. The van der Waals surface area contributed by atoms with Gasteiger partial charge in [-0.2, -0.15) is 13.2 Å².